The van der Waals surface area contributed by atoms with Gasteiger partial charge in [0.2, 0.25) is 0 Å². The number of fused-ring (bicyclic) bond motifs is 1. The van der Waals surface area contributed by atoms with Crippen molar-refractivity contribution in [3.8, 4) is 0 Å². The SMILES string of the molecule is C=Cc1ccc(CSc2nc3ccsc3c(=O)n2C2CC2)cc1. The van der Waals surface area contributed by atoms with E-state index in [9.17, 15) is 4.79 Å². The molecular weight excluding hydrogens is 324 g/mol. The van der Waals surface area contributed by atoms with Crippen LogP contribution in [-0.2, 0) is 5.75 Å². The molecule has 0 saturated heterocycles. The van der Waals surface area contributed by atoms with Crippen LogP contribution in [0.5, 0.6) is 0 Å². The van der Waals surface area contributed by atoms with Crippen LogP contribution < -0.4 is 5.56 Å². The smallest absolute Gasteiger partial charge is 0.272 e. The Morgan fingerprint density at radius 1 is 1.30 bits per heavy atom. The molecule has 1 aliphatic carbocycles. The molecule has 0 unspecified atom stereocenters. The van der Waals surface area contributed by atoms with Crippen LogP contribution in [0, 0.1) is 0 Å². The van der Waals surface area contributed by atoms with Gasteiger partial charge in [-0.1, -0.05) is 48.7 Å². The summed E-state index contributed by atoms with van der Waals surface area (Å²) in [7, 11) is 0. The van der Waals surface area contributed by atoms with Gasteiger partial charge in [0.1, 0.15) is 4.70 Å². The maximum Gasteiger partial charge on any atom is 0.272 e. The Morgan fingerprint density at radius 2 is 2.09 bits per heavy atom. The zero-order chi connectivity index (χ0) is 15.8. The lowest BCUT2D eigenvalue weighted by Gasteiger charge is -2.11. The highest BCUT2D eigenvalue weighted by atomic mass is 32.2. The van der Waals surface area contributed by atoms with Gasteiger partial charge in [-0.15, -0.1) is 11.3 Å². The van der Waals surface area contributed by atoms with Crippen molar-refractivity contribution in [1.82, 2.24) is 9.55 Å². The average molecular weight is 340 g/mol. The van der Waals surface area contributed by atoms with Crippen LogP contribution in [-0.4, -0.2) is 9.55 Å². The summed E-state index contributed by atoms with van der Waals surface area (Å²) >= 11 is 3.13. The van der Waals surface area contributed by atoms with E-state index in [2.05, 4.69) is 30.8 Å². The van der Waals surface area contributed by atoms with Crippen molar-refractivity contribution in [2.45, 2.75) is 29.8 Å². The third kappa shape index (κ3) is 2.86. The van der Waals surface area contributed by atoms with Crippen molar-refractivity contribution in [1.29, 1.82) is 0 Å². The van der Waals surface area contributed by atoms with E-state index in [-0.39, 0.29) is 5.56 Å². The predicted octanol–water partition coefficient (Wildman–Crippen LogP) is 4.73. The highest BCUT2D eigenvalue weighted by Gasteiger charge is 2.28. The van der Waals surface area contributed by atoms with Crippen molar-refractivity contribution in [3.63, 3.8) is 0 Å². The van der Waals surface area contributed by atoms with Crippen LogP contribution in [0.4, 0.5) is 0 Å². The van der Waals surface area contributed by atoms with Crippen molar-refractivity contribution in [3.05, 3.63) is 63.8 Å². The van der Waals surface area contributed by atoms with Gasteiger partial charge in [0.25, 0.3) is 5.56 Å². The molecular formula is C18H16N2OS2. The topological polar surface area (TPSA) is 34.9 Å². The Morgan fingerprint density at radius 3 is 2.78 bits per heavy atom. The molecule has 3 nitrogen and oxygen atoms in total. The first-order chi connectivity index (χ1) is 11.3. The molecule has 0 aliphatic heterocycles. The van der Waals surface area contributed by atoms with Crippen LogP contribution >= 0.6 is 23.1 Å². The lowest BCUT2D eigenvalue weighted by atomic mass is 10.1. The molecule has 1 saturated carbocycles. The van der Waals surface area contributed by atoms with Crippen molar-refractivity contribution in [2.24, 2.45) is 0 Å². The van der Waals surface area contributed by atoms with E-state index < -0.39 is 0 Å². The lowest BCUT2D eigenvalue weighted by Crippen LogP contribution is -2.21. The summed E-state index contributed by atoms with van der Waals surface area (Å²) < 4.78 is 2.68. The molecule has 2 aromatic heterocycles. The Hall–Kier alpha value is -1.85. The van der Waals surface area contributed by atoms with Gasteiger partial charge in [0.05, 0.1) is 5.52 Å². The summed E-state index contributed by atoms with van der Waals surface area (Å²) in [5, 5.41) is 2.79. The van der Waals surface area contributed by atoms with Gasteiger partial charge < -0.3 is 0 Å². The second kappa shape index (κ2) is 5.98. The third-order valence-corrected chi connectivity index (χ3v) is 5.89. The molecule has 0 bridgehead atoms. The third-order valence-electron chi connectivity index (χ3n) is 3.98. The Bertz CT molecular complexity index is 920. The van der Waals surface area contributed by atoms with Gasteiger partial charge in [-0.05, 0) is 35.4 Å². The predicted molar refractivity (Wildman–Crippen MR) is 98.2 cm³/mol. The molecule has 1 aliphatic rings. The van der Waals surface area contributed by atoms with Gasteiger partial charge >= 0.3 is 0 Å². The van der Waals surface area contributed by atoms with Crippen molar-refractivity contribution in [2.75, 3.05) is 0 Å². The molecule has 0 radical (unpaired) electrons. The van der Waals surface area contributed by atoms with E-state index in [1.807, 2.05) is 22.1 Å². The molecule has 4 rings (SSSR count). The summed E-state index contributed by atoms with van der Waals surface area (Å²) in [6.07, 6.45) is 4.01. The maximum atomic E-state index is 12.7. The molecule has 116 valence electrons. The minimum absolute atomic E-state index is 0.122. The number of benzene rings is 1. The van der Waals surface area contributed by atoms with Crippen molar-refractivity contribution >= 4 is 39.4 Å². The summed E-state index contributed by atoms with van der Waals surface area (Å²) in [5.74, 6) is 0.812. The van der Waals surface area contributed by atoms with Crippen LogP contribution in [0.2, 0.25) is 0 Å². The van der Waals surface area contributed by atoms with Crippen LogP contribution in [0.3, 0.4) is 0 Å². The monoisotopic (exact) mass is 340 g/mol. The van der Waals surface area contributed by atoms with Crippen molar-refractivity contribution < 1.29 is 0 Å². The van der Waals surface area contributed by atoms with E-state index in [1.54, 1.807) is 11.8 Å². The Kier molecular flexibility index (Phi) is 3.83. The number of aromatic nitrogens is 2. The standard InChI is InChI=1S/C18H16N2OS2/c1-2-12-3-5-13(6-4-12)11-23-18-19-15-9-10-22-16(15)17(21)20(18)14-7-8-14/h2-6,9-10,14H,1,7-8,11H2. The minimum Gasteiger partial charge on any atom is -0.283 e. The summed E-state index contributed by atoms with van der Waals surface area (Å²) in [6, 6.07) is 10.6. The second-order valence-electron chi connectivity index (χ2n) is 5.67. The molecule has 2 heterocycles. The molecule has 1 aromatic carbocycles. The fraction of sp³-hybridized carbons (Fsp3) is 0.222. The summed E-state index contributed by atoms with van der Waals surface area (Å²) in [4.78, 5) is 17.4. The minimum atomic E-state index is 0.122. The van der Waals surface area contributed by atoms with Gasteiger partial charge in [-0.25, -0.2) is 4.98 Å². The fourth-order valence-corrected chi connectivity index (χ4v) is 4.35. The number of hydrogen-bond donors (Lipinski definition) is 0. The van der Waals surface area contributed by atoms with E-state index in [1.165, 1.54) is 16.9 Å². The Labute approximate surface area is 142 Å². The van der Waals surface area contributed by atoms with Gasteiger partial charge in [0.15, 0.2) is 5.16 Å². The molecule has 3 aromatic rings. The summed E-state index contributed by atoms with van der Waals surface area (Å²) in [5.41, 5.74) is 3.28. The van der Waals surface area contributed by atoms with E-state index >= 15 is 0 Å². The normalized spacial score (nSPS) is 14.3. The number of thioether (sulfide) groups is 1. The van der Waals surface area contributed by atoms with E-state index in [0.29, 0.717) is 6.04 Å². The molecule has 5 heteroatoms. The van der Waals surface area contributed by atoms with E-state index in [4.69, 9.17) is 4.98 Å². The fourth-order valence-electron chi connectivity index (χ4n) is 2.56. The molecule has 1 fully saturated rings. The average Bonchev–Trinajstić information content (AvgIpc) is 3.30. The quantitative estimate of drug-likeness (QED) is 0.497. The van der Waals surface area contributed by atoms with Gasteiger partial charge in [0, 0.05) is 11.8 Å². The highest BCUT2D eigenvalue weighted by molar-refractivity contribution is 7.98. The van der Waals surface area contributed by atoms with Crippen LogP contribution in [0.15, 0.2) is 52.2 Å². The Balaban J connectivity index is 1.66. The number of nitrogens with zero attached hydrogens (tertiary/aromatic N) is 2. The maximum absolute atomic E-state index is 12.7. The number of hydrogen-bond acceptors (Lipinski definition) is 4. The number of rotatable bonds is 5. The highest BCUT2D eigenvalue weighted by Crippen LogP contribution is 2.37. The number of thiophene rings is 1. The second-order valence-corrected chi connectivity index (χ2v) is 7.53. The zero-order valence-electron chi connectivity index (χ0n) is 12.6. The molecule has 0 amide bonds. The zero-order valence-corrected chi connectivity index (χ0v) is 14.2. The first-order valence-electron chi connectivity index (χ1n) is 7.60. The molecule has 0 N–H and O–H groups in total. The lowest BCUT2D eigenvalue weighted by molar-refractivity contribution is 0.619. The molecule has 0 atom stereocenters. The van der Waals surface area contributed by atoms with Crippen LogP contribution in [0.25, 0.3) is 16.3 Å². The van der Waals surface area contributed by atoms with Gasteiger partial charge in [-0.3, -0.25) is 9.36 Å². The molecule has 0 spiro atoms. The first kappa shape index (κ1) is 14.7. The molecule has 23 heavy (non-hydrogen) atoms. The summed E-state index contributed by atoms with van der Waals surface area (Å²) in [6.45, 7) is 3.77. The van der Waals surface area contributed by atoms with Gasteiger partial charge in [-0.2, -0.15) is 0 Å². The first-order valence-corrected chi connectivity index (χ1v) is 9.46. The van der Waals surface area contributed by atoms with Crippen LogP contribution in [0.1, 0.15) is 30.0 Å². The van der Waals surface area contributed by atoms with E-state index in [0.717, 1.165) is 39.5 Å². The largest absolute Gasteiger partial charge is 0.283 e.